The van der Waals surface area contributed by atoms with E-state index >= 15 is 0 Å². The molecule has 1 aliphatic rings. The van der Waals surface area contributed by atoms with Gasteiger partial charge in [0.05, 0.1) is 6.61 Å². The van der Waals surface area contributed by atoms with Crippen LogP contribution in [0.15, 0.2) is 36.4 Å². The topological polar surface area (TPSA) is 12.5 Å². The standard InChI is InChI=1S/C20H23BrFNO/c1-14(2)13-24-20-10-16(11-21)17(9-18(20)22)12-23-8-7-15-5-3-4-6-19(15)23/h3-6,9-10,14H,7-8,11-13H2,1-2H3. The monoisotopic (exact) mass is 391 g/mol. The summed E-state index contributed by atoms with van der Waals surface area (Å²) >= 11 is 3.53. The predicted octanol–water partition coefficient (Wildman–Crippen LogP) is 5.32. The highest BCUT2D eigenvalue weighted by atomic mass is 79.9. The second-order valence-corrected chi connectivity index (χ2v) is 7.25. The molecule has 0 spiro atoms. The summed E-state index contributed by atoms with van der Waals surface area (Å²) in [5.41, 5.74) is 4.73. The summed E-state index contributed by atoms with van der Waals surface area (Å²) in [7, 11) is 0. The van der Waals surface area contributed by atoms with Crippen molar-refractivity contribution in [3.63, 3.8) is 0 Å². The molecular formula is C20H23BrFNO. The fourth-order valence-corrected chi connectivity index (χ4v) is 3.57. The van der Waals surface area contributed by atoms with Crippen LogP contribution in [0, 0.1) is 11.7 Å². The van der Waals surface area contributed by atoms with Gasteiger partial charge in [-0.05, 0) is 47.2 Å². The van der Waals surface area contributed by atoms with Crippen molar-refractivity contribution in [3.05, 3.63) is 58.9 Å². The van der Waals surface area contributed by atoms with Crippen molar-refractivity contribution in [2.45, 2.75) is 32.1 Å². The van der Waals surface area contributed by atoms with Gasteiger partial charge in [-0.15, -0.1) is 0 Å². The summed E-state index contributed by atoms with van der Waals surface area (Å²) < 4.78 is 20.0. The molecule has 2 nitrogen and oxygen atoms in total. The Kier molecular flexibility index (Phi) is 5.44. The van der Waals surface area contributed by atoms with E-state index in [1.807, 2.05) is 6.07 Å². The summed E-state index contributed by atoms with van der Waals surface area (Å²) in [4.78, 5) is 2.32. The Bertz CT molecular complexity index is 717. The third-order valence-corrected chi connectivity index (χ3v) is 4.92. The van der Waals surface area contributed by atoms with Crippen molar-refractivity contribution in [1.29, 1.82) is 0 Å². The first kappa shape index (κ1) is 17.3. The minimum atomic E-state index is -0.275. The highest BCUT2D eigenvalue weighted by Crippen LogP contribution is 2.31. The van der Waals surface area contributed by atoms with Crippen molar-refractivity contribution in [1.82, 2.24) is 0 Å². The van der Waals surface area contributed by atoms with Gasteiger partial charge in [-0.2, -0.15) is 0 Å². The lowest BCUT2D eigenvalue weighted by Crippen LogP contribution is -2.20. The van der Waals surface area contributed by atoms with E-state index in [1.54, 1.807) is 6.07 Å². The first-order valence-corrected chi connectivity index (χ1v) is 9.53. The number of alkyl halides is 1. The highest BCUT2D eigenvalue weighted by molar-refractivity contribution is 9.08. The molecule has 0 saturated carbocycles. The van der Waals surface area contributed by atoms with Gasteiger partial charge in [-0.3, -0.25) is 0 Å². The summed E-state index contributed by atoms with van der Waals surface area (Å²) in [6.07, 6.45) is 1.05. The second-order valence-electron chi connectivity index (χ2n) is 6.69. The fourth-order valence-electron chi connectivity index (χ4n) is 3.05. The molecule has 1 aliphatic heterocycles. The number of rotatable bonds is 6. The number of fused-ring (bicyclic) bond motifs is 1. The fraction of sp³-hybridized carbons (Fsp3) is 0.400. The number of para-hydroxylation sites is 1. The number of ether oxygens (including phenoxy) is 1. The molecule has 0 fully saturated rings. The average molecular weight is 392 g/mol. The third kappa shape index (κ3) is 3.75. The molecule has 0 saturated heterocycles. The van der Waals surface area contributed by atoms with Gasteiger partial charge in [-0.25, -0.2) is 4.39 Å². The lowest BCUT2D eigenvalue weighted by atomic mass is 10.1. The Morgan fingerprint density at radius 3 is 2.75 bits per heavy atom. The number of hydrogen-bond acceptors (Lipinski definition) is 2. The Morgan fingerprint density at radius 2 is 2.00 bits per heavy atom. The zero-order valence-corrected chi connectivity index (χ0v) is 15.8. The van der Waals surface area contributed by atoms with E-state index in [4.69, 9.17) is 4.74 Å². The van der Waals surface area contributed by atoms with Crippen molar-refractivity contribution < 1.29 is 9.13 Å². The zero-order chi connectivity index (χ0) is 17.1. The number of anilines is 1. The minimum Gasteiger partial charge on any atom is -0.490 e. The Balaban J connectivity index is 1.82. The summed E-state index contributed by atoms with van der Waals surface area (Å²) in [6, 6.07) is 11.9. The molecule has 0 atom stereocenters. The predicted molar refractivity (Wildman–Crippen MR) is 101 cm³/mol. The SMILES string of the molecule is CC(C)COc1cc(CBr)c(CN2CCc3ccccc32)cc1F. The maximum atomic E-state index is 14.4. The first-order chi connectivity index (χ1) is 11.6. The molecule has 3 rings (SSSR count). The van der Waals surface area contributed by atoms with Gasteiger partial charge in [0.25, 0.3) is 0 Å². The number of benzene rings is 2. The summed E-state index contributed by atoms with van der Waals surface area (Å²) in [6.45, 7) is 6.34. The average Bonchev–Trinajstić information content (AvgIpc) is 2.97. The Hall–Kier alpha value is -1.55. The lowest BCUT2D eigenvalue weighted by molar-refractivity contribution is 0.259. The van der Waals surface area contributed by atoms with Crippen LogP contribution in [0.25, 0.3) is 0 Å². The van der Waals surface area contributed by atoms with E-state index < -0.39 is 0 Å². The molecule has 4 heteroatoms. The smallest absolute Gasteiger partial charge is 0.165 e. The quantitative estimate of drug-likeness (QED) is 0.617. The van der Waals surface area contributed by atoms with Crippen LogP contribution in [0.3, 0.4) is 0 Å². The number of hydrogen-bond donors (Lipinski definition) is 0. The third-order valence-electron chi connectivity index (χ3n) is 4.31. The van der Waals surface area contributed by atoms with Crippen molar-refractivity contribution in [2.24, 2.45) is 5.92 Å². The first-order valence-electron chi connectivity index (χ1n) is 8.41. The molecule has 0 radical (unpaired) electrons. The van der Waals surface area contributed by atoms with Crippen molar-refractivity contribution >= 4 is 21.6 Å². The number of halogens is 2. The maximum absolute atomic E-state index is 14.4. The molecule has 0 bridgehead atoms. The van der Waals surface area contributed by atoms with Crippen LogP contribution in [0.2, 0.25) is 0 Å². The van der Waals surface area contributed by atoms with E-state index in [2.05, 4.69) is 58.9 Å². The molecule has 0 unspecified atom stereocenters. The summed E-state index contributed by atoms with van der Waals surface area (Å²) in [5, 5.41) is 0.691. The van der Waals surface area contributed by atoms with Gasteiger partial charge < -0.3 is 9.64 Å². The molecule has 2 aromatic rings. The van der Waals surface area contributed by atoms with Crippen LogP contribution < -0.4 is 9.64 Å². The van der Waals surface area contributed by atoms with Crippen molar-refractivity contribution in [2.75, 3.05) is 18.1 Å². The molecule has 1 heterocycles. The van der Waals surface area contributed by atoms with Gasteiger partial charge in [0.15, 0.2) is 11.6 Å². The van der Waals surface area contributed by atoms with E-state index in [9.17, 15) is 4.39 Å². The van der Waals surface area contributed by atoms with E-state index in [0.29, 0.717) is 23.6 Å². The van der Waals surface area contributed by atoms with Crippen LogP contribution >= 0.6 is 15.9 Å². The van der Waals surface area contributed by atoms with Crippen LogP contribution in [-0.4, -0.2) is 13.2 Å². The molecule has 128 valence electrons. The second kappa shape index (κ2) is 7.56. The highest BCUT2D eigenvalue weighted by Gasteiger charge is 2.20. The van der Waals surface area contributed by atoms with E-state index in [0.717, 1.165) is 30.6 Å². The van der Waals surface area contributed by atoms with Crippen LogP contribution in [0.5, 0.6) is 5.75 Å². The van der Waals surface area contributed by atoms with Gasteiger partial charge in [0.2, 0.25) is 0 Å². The van der Waals surface area contributed by atoms with Crippen LogP contribution in [-0.2, 0) is 18.3 Å². The number of nitrogens with zero attached hydrogens (tertiary/aromatic N) is 1. The lowest BCUT2D eigenvalue weighted by Gasteiger charge is -2.22. The molecule has 0 aliphatic carbocycles. The van der Waals surface area contributed by atoms with Gasteiger partial charge in [0.1, 0.15) is 0 Å². The molecule has 0 amide bonds. The Morgan fingerprint density at radius 1 is 1.21 bits per heavy atom. The normalized spacial score (nSPS) is 13.5. The zero-order valence-electron chi connectivity index (χ0n) is 14.2. The van der Waals surface area contributed by atoms with Crippen molar-refractivity contribution in [3.8, 4) is 5.75 Å². The molecule has 24 heavy (non-hydrogen) atoms. The largest absolute Gasteiger partial charge is 0.490 e. The minimum absolute atomic E-state index is 0.275. The molecule has 0 N–H and O–H groups in total. The van der Waals surface area contributed by atoms with E-state index in [1.165, 1.54) is 11.3 Å². The Labute approximate surface area is 151 Å². The molecule has 2 aromatic carbocycles. The van der Waals surface area contributed by atoms with Gasteiger partial charge in [0, 0.05) is 24.1 Å². The van der Waals surface area contributed by atoms with E-state index in [-0.39, 0.29) is 5.82 Å². The maximum Gasteiger partial charge on any atom is 0.165 e. The van der Waals surface area contributed by atoms with Gasteiger partial charge >= 0.3 is 0 Å². The molecular weight excluding hydrogens is 369 g/mol. The van der Waals surface area contributed by atoms with Gasteiger partial charge in [-0.1, -0.05) is 48.0 Å². The molecule has 0 aromatic heterocycles. The van der Waals surface area contributed by atoms with Crippen LogP contribution in [0.1, 0.15) is 30.5 Å². The van der Waals surface area contributed by atoms with Crippen LogP contribution in [0.4, 0.5) is 10.1 Å². The summed E-state index contributed by atoms with van der Waals surface area (Å²) in [5.74, 6) is 0.448.